The van der Waals surface area contributed by atoms with E-state index in [1.54, 1.807) is 11.8 Å². The van der Waals surface area contributed by atoms with E-state index in [0.717, 1.165) is 18.7 Å². The molecule has 0 aliphatic heterocycles. The van der Waals surface area contributed by atoms with E-state index in [0.29, 0.717) is 0 Å². The molecule has 0 spiro atoms. The molecule has 1 radical (unpaired) electrons. The first-order valence-corrected chi connectivity index (χ1v) is 4.77. The molecule has 15 heavy (non-hydrogen) atoms. The van der Waals surface area contributed by atoms with Crippen molar-refractivity contribution in [2.45, 2.75) is 13.0 Å². The number of benzene rings is 1. The molecule has 0 amide bonds. The number of hydrogen-bond donors (Lipinski definition) is 0. The van der Waals surface area contributed by atoms with E-state index in [4.69, 9.17) is 4.74 Å². The molecule has 1 heterocycles. The fourth-order valence-corrected chi connectivity index (χ4v) is 1.38. The van der Waals surface area contributed by atoms with Gasteiger partial charge >= 0.3 is 0 Å². The summed E-state index contributed by atoms with van der Waals surface area (Å²) < 4.78 is 6.84. The first-order chi connectivity index (χ1) is 7.38. The molecule has 4 heteroatoms. The van der Waals surface area contributed by atoms with Gasteiger partial charge in [0, 0.05) is 6.54 Å². The van der Waals surface area contributed by atoms with Crippen molar-refractivity contribution in [2.24, 2.45) is 0 Å². The van der Waals surface area contributed by atoms with Gasteiger partial charge in [0.1, 0.15) is 12.1 Å². The summed E-state index contributed by atoms with van der Waals surface area (Å²) in [4.78, 5) is 3.77. The van der Waals surface area contributed by atoms with Gasteiger partial charge in [-0.05, 0) is 24.1 Å². The SMILES string of the molecule is COc1cccc(CCn2[c]ncn2)c1. The van der Waals surface area contributed by atoms with Gasteiger partial charge in [-0.15, -0.1) is 0 Å². The van der Waals surface area contributed by atoms with Crippen molar-refractivity contribution in [3.05, 3.63) is 42.5 Å². The van der Waals surface area contributed by atoms with Gasteiger partial charge < -0.3 is 4.74 Å². The molecule has 2 rings (SSSR count). The normalized spacial score (nSPS) is 10.2. The van der Waals surface area contributed by atoms with Crippen LogP contribution in [0.1, 0.15) is 5.56 Å². The second kappa shape index (κ2) is 4.59. The van der Waals surface area contributed by atoms with Crippen LogP contribution in [0.5, 0.6) is 5.75 Å². The average Bonchev–Trinajstić information content (AvgIpc) is 2.79. The van der Waals surface area contributed by atoms with Crippen molar-refractivity contribution in [1.29, 1.82) is 0 Å². The second-order valence-electron chi connectivity index (χ2n) is 3.18. The van der Waals surface area contributed by atoms with E-state index in [2.05, 4.69) is 22.5 Å². The fourth-order valence-electron chi connectivity index (χ4n) is 1.38. The standard InChI is InChI=1S/C11H12N3O/c1-15-11-4-2-3-10(7-11)5-6-14-9-12-8-13-14/h2-4,7-8H,5-6H2,1H3. The smallest absolute Gasteiger partial charge is 0.196 e. The Morgan fingerprint density at radius 2 is 2.40 bits per heavy atom. The predicted molar refractivity (Wildman–Crippen MR) is 55.6 cm³/mol. The summed E-state index contributed by atoms with van der Waals surface area (Å²) in [5, 5.41) is 3.99. The van der Waals surface area contributed by atoms with Crippen molar-refractivity contribution in [3.63, 3.8) is 0 Å². The summed E-state index contributed by atoms with van der Waals surface area (Å²) in [6.45, 7) is 0.785. The van der Waals surface area contributed by atoms with Crippen molar-refractivity contribution in [3.8, 4) is 5.75 Å². The minimum atomic E-state index is 0.785. The Kier molecular flexibility index (Phi) is 2.97. The average molecular weight is 202 g/mol. The van der Waals surface area contributed by atoms with Gasteiger partial charge in [0.15, 0.2) is 6.33 Å². The minimum Gasteiger partial charge on any atom is -0.497 e. The predicted octanol–water partition coefficient (Wildman–Crippen LogP) is 1.33. The maximum Gasteiger partial charge on any atom is 0.196 e. The molecule has 2 aromatic rings. The quantitative estimate of drug-likeness (QED) is 0.751. The minimum absolute atomic E-state index is 0.785. The largest absolute Gasteiger partial charge is 0.497 e. The van der Waals surface area contributed by atoms with Gasteiger partial charge in [-0.25, -0.2) is 9.67 Å². The van der Waals surface area contributed by atoms with Crippen LogP contribution in [0.15, 0.2) is 30.6 Å². The molecule has 0 aliphatic carbocycles. The summed E-state index contributed by atoms with van der Waals surface area (Å²) in [7, 11) is 1.67. The maximum atomic E-state index is 5.15. The first kappa shape index (κ1) is 9.71. The van der Waals surface area contributed by atoms with Crippen molar-refractivity contribution in [2.75, 3.05) is 7.11 Å². The summed E-state index contributed by atoms with van der Waals surface area (Å²) >= 11 is 0. The lowest BCUT2D eigenvalue weighted by Crippen LogP contribution is -2.02. The highest BCUT2D eigenvalue weighted by Crippen LogP contribution is 2.13. The number of methoxy groups -OCH3 is 1. The highest BCUT2D eigenvalue weighted by atomic mass is 16.5. The summed E-state index contributed by atoms with van der Waals surface area (Å²) in [6.07, 6.45) is 5.15. The third-order valence-electron chi connectivity index (χ3n) is 2.17. The number of hydrogen-bond acceptors (Lipinski definition) is 3. The summed E-state index contributed by atoms with van der Waals surface area (Å²) in [5.41, 5.74) is 1.22. The highest BCUT2D eigenvalue weighted by Gasteiger charge is 1.97. The van der Waals surface area contributed by atoms with Crippen LogP contribution in [0.25, 0.3) is 0 Å². The fraction of sp³-hybridized carbons (Fsp3) is 0.273. The number of ether oxygens (including phenoxy) is 1. The lowest BCUT2D eigenvalue weighted by atomic mass is 10.1. The molecule has 77 valence electrons. The van der Waals surface area contributed by atoms with E-state index in [1.165, 1.54) is 11.9 Å². The van der Waals surface area contributed by atoms with E-state index >= 15 is 0 Å². The van der Waals surface area contributed by atoms with Crippen LogP contribution >= 0.6 is 0 Å². The summed E-state index contributed by atoms with van der Waals surface area (Å²) in [6, 6.07) is 8.01. The van der Waals surface area contributed by atoms with Gasteiger partial charge in [-0.2, -0.15) is 5.10 Å². The zero-order valence-corrected chi connectivity index (χ0v) is 8.55. The van der Waals surface area contributed by atoms with E-state index in [9.17, 15) is 0 Å². The highest BCUT2D eigenvalue weighted by molar-refractivity contribution is 5.28. The Labute approximate surface area is 88.5 Å². The number of nitrogens with zero attached hydrogens (tertiary/aromatic N) is 3. The van der Waals surface area contributed by atoms with Gasteiger partial charge in [-0.3, -0.25) is 0 Å². The van der Waals surface area contributed by atoms with Crippen LogP contribution in [0.3, 0.4) is 0 Å². The number of rotatable bonds is 4. The molecule has 0 saturated heterocycles. The van der Waals surface area contributed by atoms with Crippen LogP contribution < -0.4 is 4.74 Å². The molecular formula is C11H12N3O. The molecule has 0 N–H and O–H groups in total. The molecule has 0 aliphatic rings. The van der Waals surface area contributed by atoms with Crippen LogP contribution in [0, 0.1) is 6.33 Å². The van der Waals surface area contributed by atoms with Gasteiger partial charge in [0.2, 0.25) is 0 Å². The Morgan fingerprint density at radius 1 is 1.47 bits per heavy atom. The van der Waals surface area contributed by atoms with E-state index < -0.39 is 0 Å². The number of aromatic nitrogens is 3. The van der Waals surface area contributed by atoms with Crippen LogP contribution in [-0.4, -0.2) is 21.9 Å². The maximum absolute atomic E-state index is 5.15. The number of aryl methyl sites for hydroxylation is 2. The zero-order chi connectivity index (χ0) is 10.5. The lowest BCUT2D eigenvalue weighted by Gasteiger charge is -2.03. The van der Waals surface area contributed by atoms with E-state index in [-0.39, 0.29) is 0 Å². The molecule has 1 aromatic heterocycles. The Morgan fingerprint density at radius 3 is 3.13 bits per heavy atom. The molecule has 0 bridgehead atoms. The Balaban J connectivity index is 1.98. The third kappa shape index (κ3) is 2.56. The molecule has 0 saturated carbocycles. The summed E-state index contributed by atoms with van der Waals surface area (Å²) in [5.74, 6) is 0.884. The molecule has 0 atom stereocenters. The molecule has 1 aromatic carbocycles. The van der Waals surface area contributed by atoms with Gasteiger partial charge in [0.05, 0.1) is 7.11 Å². The molecular weight excluding hydrogens is 190 g/mol. The van der Waals surface area contributed by atoms with Crippen LogP contribution in [-0.2, 0) is 13.0 Å². The van der Waals surface area contributed by atoms with Crippen LogP contribution in [0.2, 0.25) is 0 Å². The molecule has 4 nitrogen and oxygen atoms in total. The zero-order valence-electron chi connectivity index (χ0n) is 8.55. The van der Waals surface area contributed by atoms with Crippen LogP contribution in [0.4, 0.5) is 0 Å². The van der Waals surface area contributed by atoms with E-state index in [1.807, 2.05) is 18.2 Å². The second-order valence-corrected chi connectivity index (χ2v) is 3.18. The molecule has 0 unspecified atom stereocenters. The van der Waals surface area contributed by atoms with Crippen molar-refractivity contribution >= 4 is 0 Å². The van der Waals surface area contributed by atoms with Gasteiger partial charge in [-0.1, -0.05) is 12.1 Å². The van der Waals surface area contributed by atoms with Crippen molar-refractivity contribution < 1.29 is 4.74 Å². The van der Waals surface area contributed by atoms with Crippen molar-refractivity contribution in [1.82, 2.24) is 14.8 Å². The Hall–Kier alpha value is -1.84. The lowest BCUT2D eigenvalue weighted by molar-refractivity contribution is 0.414. The topological polar surface area (TPSA) is 39.9 Å². The first-order valence-electron chi connectivity index (χ1n) is 4.77. The Bertz CT molecular complexity index is 412. The third-order valence-corrected chi connectivity index (χ3v) is 2.17. The molecule has 0 fully saturated rings. The monoisotopic (exact) mass is 202 g/mol. The van der Waals surface area contributed by atoms with Gasteiger partial charge in [0.25, 0.3) is 0 Å².